The van der Waals surface area contributed by atoms with Gasteiger partial charge in [0.15, 0.2) is 0 Å². The maximum atomic E-state index is 12.6. The van der Waals surface area contributed by atoms with Gasteiger partial charge in [-0.15, -0.1) is 12.4 Å². The number of amides is 4. The van der Waals surface area contributed by atoms with Crippen LogP contribution in [0.25, 0.3) is 0 Å². The van der Waals surface area contributed by atoms with E-state index in [1.807, 2.05) is 30.3 Å². The van der Waals surface area contributed by atoms with Crippen molar-refractivity contribution in [3.63, 3.8) is 0 Å². The van der Waals surface area contributed by atoms with E-state index in [4.69, 9.17) is 5.73 Å². The van der Waals surface area contributed by atoms with Crippen LogP contribution in [0.5, 0.6) is 0 Å². The summed E-state index contributed by atoms with van der Waals surface area (Å²) in [5.74, 6) is -0.161. The number of likely N-dealkylation sites (tertiary alicyclic amines) is 1. The molecular weight excluding hydrogens is 344 g/mol. The van der Waals surface area contributed by atoms with E-state index in [0.717, 1.165) is 10.5 Å². The second kappa shape index (κ2) is 7.84. The fourth-order valence-corrected chi connectivity index (χ4v) is 3.45. The summed E-state index contributed by atoms with van der Waals surface area (Å²) in [7, 11) is 1.55. The van der Waals surface area contributed by atoms with Gasteiger partial charge in [0.25, 0.3) is 5.91 Å². The number of benzene rings is 1. The van der Waals surface area contributed by atoms with Gasteiger partial charge >= 0.3 is 6.03 Å². The van der Waals surface area contributed by atoms with Crippen LogP contribution in [-0.2, 0) is 9.59 Å². The highest BCUT2D eigenvalue weighted by Crippen LogP contribution is 2.32. The average molecular weight is 367 g/mol. The van der Waals surface area contributed by atoms with Crippen LogP contribution >= 0.6 is 12.4 Å². The quantitative estimate of drug-likeness (QED) is 0.786. The molecule has 2 N–H and O–H groups in total. The first-order chi connectivity index (χ1) is 11.5. The van der Waals surface area contributed by atoms with E-state index in [2.05, 4.69) is 0 Å². The van der Waals surface area contributed by atoms with Gasteiger partial charge in [0.1, 0.15) is 13.1 Å². The first-order valence-corrected chi connectivity index (χ1v) is 8.09. The molecule has 0 radical (unpaired) electrons. The van der Waals surface area contributed by atoms with Gasteiger partial charge in [-0.3, -0.25) is 14.5 Å². The van der Waals surface area contributed by atoms with E-state index in [1.54, 1.807) is 11.9 Å². The Bertz CT molecular complexity index is 655. The highest BCUT2D eigenvalue weighted by molar-refractivity contribution is 6.04. The summed E-state index contributed by atoms with van der Waals surface area (Å²) >= 11 is 0. The molecule has 1 aromatic carbocycles. The van der Waals surface area contributed by atoms with E-state index < -0.39 is 6.03 Å². The molecule has 136 valence electrons. The maximum Gasteiger partial charge on any atom is 0.327 e. The number of nitrogens with two attached hydrogens (primary N) is 1. The topological polar surface area (TPSA) is 87.0 Å². The first kappa shape index (κ1) is 19.2. The van der Waals surface area contributed by atoms with Crippen LogP contribution < -0.4 is 5.73 Å². The Morgan fingerprint density at radius 1 is 1.20 bits per heavy atom. The molecule has 2 aliphatic heterocycles. The Morgan fingerprint density at radius 3 is 2.44 bits per heavy atom. The van der Waals surface area contributed by atoms with Gasteiger partial charge in [0.05, 0.1) is 0 Å². The molecule has 4 amide bonds. The molecule has 8 heteroatoms. The Balaban J connectivity index is 0.00000225. The number of carbonyl (C=O) groups is 3. The highest BCUT2D eigenvalue weighted by atomic mass is 35.5. The summed E-state index contributed by atoms with van der Waals surface area (Å²) in [4.78, 5) is 40.3. The molecule has 2 heterocycles. The largest absolute Gasteiger partial charge is 0.340 e. The number of urea groups is 1. The fourth-order valence-electron chi connectivity index (χ4n) is 3.45. The van der Waals surface area contributed by atoms with Crippen molar-refractivity contribution in [3.05, 3.63) is 35.9 Å². The van der Waals surface area contributed by atoms with Gasteiger partial charge < -0.3 is 15.5 Å². The van der Waals surface area contributed by atoms with E-state index in [0.29, 0.717) is 19.6 Å². The number of likely N-dealkylation sites (N-methyl/N-ethyl adjacent to an activating group) is 1. The van der Waals surface area contributed by atoms with Crippen molar-refractivity contribution >= 4 is 30.3 Å². The minimum Gasteiger partial charge on any atom is -0.340 e. The van der Waals surface area contributed by atoms with Crippen molar-refractivity contribution in [2.75, 3.05) is 39.8 Å². The molecule has 0 aliphatic carbocycles. The van der Waals surface area contributed by atoms with Gasteiger partial charge in [-0.25, -0.2) is 4.79 Å². The molecule has 1 aromatic rings. The van der Waals surface area contributed by atoms with Crippen molar-refractivity contribution < 1.29 is 14.4 Å². The van der Waals surface area contributed by atoms with Crippen LogP contribution in [0.4, 0.5) is 4.79 Å². The Hall–Kier alpha value is -2.12. The molecule has 7 nitrogen and oxygen atoms in total. The summed E-state index contributed by atoms with van der Waals surface area (Å²) in [6.07, 6.45) is 0. The SMILES string of the molecule is CN1CC(=O)N(CC(=O)N2C[C@@H](CN)[C@H](c3ccccc3)C2)C1=O.Cl. The normalized spacial score (nSPS) is 23.2. The van der Waals surface area contributed by atoms with Crippen LogP contribution in [0.3, 0.4) is 0 Å². The second-order valence-electron chi connectivity index (χ2n) is 6.43. The van der Waals surface area contributed by atoms with Crippen LogP contribution in [0.15, 0.2) is 30.3 Å². The average Bonchev–Trinajstić information content (AvgIpc) is 3.12. The van der Waals surface area contributed by atoms with Gasteiger partial charge in [0, 0.05) is 26.1 Å². The van der Waals surface area contributed by atoms with Crippen LogP contribution in [0.1, 0.15) is 11.5 Å². The summed E-state index contributed by atoms with van der Waals surface area (Å²) in [6, 6.07) is 9.59. The molecule has 0 spiro atoms. The van der Waals surface area contributed by atoms with Gasteiger partial charge in [-0.05, 0) is 18.0 Å². The predicted octanol–water partition coefficient (Wildman–Crippen LogP) is 0.503. The Morgan fingerprint density at radius 2 is 1.88 bits per heavy atom. The minimum absolute atomic E-state index is 0. The third-order valence-corrected chi connectivity index (χ3v) is 4.85. The van der Waals surface area contributed by atoms with Crippen molar-refractivity contribution in [1.29, 1.82) is 0 Å². The van der Waals surface area contributed by atoms with Crippen molar-refractivity contribution in [3.8, 4) is 0 Å². The first-order valence-electron chi connectivity index (χ1n) is 8.09. The predicted molar refractivity (Wildman–Crippen MR) is 95.3 cm³/mol. The third kappa shape index (κ3) is 3.77. The molecule has 2 atom stereocenters. The monoisotopic (exact) mass is 366 g/mol. The zero-order valence-electron chi connectivity index (χ0n) is 14.1. The number of hydrogen-bond acceptors (Lipinski definition) is 4. The lowest BCUT2D eigenvalue weighted by Gasteiger charge is -2.20. The van der Waals surface area contributed by atoms with E-state index in [-0.39, 0.29) is 49.1 Å². The number of halogens is 1. The molecule has 0 aromatic heterocycles. The zero-order chi connectivity index (χ0) is 17.3. The lowest BCUT2D eigenvalue weighted by Crippen LogP contribution is -2.42. The summed E-state index contributed by atoms with van der Waals surface area (Å²) in [6.45, 7) is 1.45. The minimum atomic E-state index is -0.414. The molecule has 0 unspecified atom stereocenters. The molecule has 2 saturated heterocycles. The van der Waals surface area contributed by atoms with Gasteiger partial charge in [-0.1, -0.05) is 30.3 Å². The molecule has 2 fully saturated rings. The lowest BCUT2D eigenvalue weighted by atomic mass is 9.89. The molecule has 0 bridgehead atoms. The Kier molecular flexibility index (Phi) is 6.02. The van der Waals surface area contributed by atoms with Gasteiger partial charge in [0.2, 0.25) is 5.91 Å². The molecule has 0 saturated carbocycles. The number of imide groups is 1. The molecular formula is C17H23ClN4O3. The van der Waals surface area contributed by atoms with Crippen molar-refractivity contribution in [2.24, 2.45) is 11.7 Å². The van der Waals surface area contributed by atoms with Crippen molar-refractivity contribution in [2.45, 2.75) is 5.92 Å². The zero-order valence-corrected chi connectivity index (χ0v) is 14.9. The lowest BCUT2D eigenvalue weighted by molar-refractivity contribution is -0.135. The molecule has 25 heavy (non-hydrogen) atoms. The number of nitrogens with zero attached hydrogens (tertiary/aromatic N) is 3. The van der Waals surface area contributed by atoms with E-state index in [9.17, 15) is 14.4 Å². The smallest absolute Gasteiger partial charge is 0.327 e. The summed E-state index contributed by atoms with van der Waals surface area (Å²) in [5.41, 5.74) is 7.05. The third-order valence-electron chi connectivity index (χ3n) is 4.85. The Labute approximate surface area is 153 Å². The van der Waals surface area contributed by atoms with E-state index in [1.165, 1.54) is 4.90 Å². The van der Waals surface area contributed by atoms with Crippen LogP contribution in [0.2, 0.25) is 0 Å². The van der Waals surface area contributed by atoms with E-state index >= 15 is 0 Å². The maximum absolute atomic E-state index is 12.6. The number of carbonyl (C=O) groups excluding carboxylic acids is 3. The van der Waals surface area contributed by atoms with Crippen molar-refractivity contribution in [1.82, 2.24) is 14.7 Å². The number of rotatable bonds is 4. The summed E-state index contributed by atoms with van der Waals surface area (Å²) in [5, 5.41) is 0. The fraction of sp³-hybridized carbons (Fsp3) is 0.471. The van der Waals surface area contributed by atoms with Crippen LogP contribution in [0, 0.1) is 5.92 Å². The van der Waals surface area contributed by atoms with Gasteiger partial charge in [-0.2, -0.15) is 0 Å². The second-order valence-corrected chi connectivity index (χ2v) is 6.43. The summed E-state index contributed by atoms with van der Waals surface area (Å²) < 4.78 is 0. The standard InChI is InChI=1S/C17H22N4O3.ClH/c1-19-10-16(23)21(17(19)24)11-15(22)20-8-13(7-18)14(9-20)12-5-3-2-4-6-12;/h2-6,13-14H,7-11,18H2,1H3;1H/t13-,14+;/m1./s1. The number of hydrogen-bond donors (Lipinski definition) is 1. The molecule has 3 rings (SSSR count). The van der Waals surface area contributed by atoms with Crippen LogP contribution in [-0.4, -0.2) is 72.3 Å². The highest BCUT2D eigenvalue weighted by Gasteiger charge is 2.39. The molecule has 2 aliphatic rings.